The van der Waals surface area contributed by atoms with Crippen LogP contribution in [0.15, 0.2) is 36.5 Å². The maximum Gasteiger partial charge on any atom is 0.337 e. The van der Waals surface area contributed by atoms with E-state index in [4.69, 9.17) is 0 Å². The Labute approximate surface area is 135 Å². The number of anilines is 3. The summed E-state index contributed by atoms with van der Waals surface area (Å²) in [5.41, 5.74) is 1.33. The number of carbonyl (C=O) groups excluding carboxylic acids is 1. The van der Waals surface area contributed by atoms with Crippen LogP contribution in [0.25, 0.3) is 0 Å². The number of carbonyl (C=O) groups is 1. The van der Waals surface area contributed by atoms with E-state index in [1.165, 1.54) is 32.8 Å². The maximum absolute atomic E-state index is 11.4. The Balaban J connectivity index is 1.66. The molecule has 1 aromatic heterocycles. The van der Waals surface area contributed by atoms with Gasteiger partial charge in [0.15, 0.2) is 0 Å². The molecule has 3 rings (SSSR count). The Morgan fingerprint density at radius 3 is 2.61 bits per heavy atom. The molecule has 120 valence electrons. The van der Waals surface area contributed by atoms with Crippen LogP contribution in [0.1, 0.15) is 36.0 Å². The van der Waals surface area contributed by atoms with Gasteiger partial charge in [-0.3, -0.25) is 0 Å². The van der Waals surface area contributed by atoms with E-state index in [9.17, 15) is 4.79 Å². The highest BCUT2D eigenvalue weighted by Gasteiger charge is 2.15. The molecule has 0 amide bonds. The van der Waals surface area contributed by atoms with E-state index in [-0.39, 0.29) is 5.97 Å². The smallest absolute Gasteiger partial charge is 0.337 e. The molecule has 0 saturated heterocycles. The Kier molecular flexibility index (Phi) is 4.71. The Morgan fingerprint density at radius 1 is 1.17 bits per heavy atom. The van der Waals surface area contributed by atoms with Crippen molar-refractivity contribution in [1.82, 2.24) is 9.97 Å². The molecule has 1 saturated carbocycles. The zero-order valence-corrected chi connectivity index (χ0v) is 13.1. The molecule has 0 spiro atoms. The maximum atomic E-state index is 11.4. The van der Waals surface area contributed by atoms with Crippen LogP contribution < -0.4 is 10.6 Å². The highest BCUT2D eigenvalue weighted by molar-refractivity contribution is 5.89. The van der Waals surface area contributed by atoms with Gasteiger partial charge in [-0.1, -0.05) is 12.8 Å². The van der Waals surface area contributed by atoms with Crippen molar-refractivity contribution in [2.75, 3.05) is 17.7 Å². The number of hydrogen-bond donors (Lipinski definition) is 2. The van der Waals surface area contributed by atoms with Gasteiger partial charge < -0.3 is 15.4 Å². The van der Waals surface area contributed by atoms with Gasteiger partial charge in [0.25, 0.3) is 0 Å². The van der Waals surface area contributed by atoms with Crippen molar-refractivity contribution in [3.05, 3.63) is 42.1 Å². The van der Waals surface area contributed by atoms with E-state index in [1.54, 1.807) is 30.5 Å². The van der Waals surface area contributed by atoms with Gasteiger partial charge in [0.2, 0.25) is 5.95 Å². The summed E-state index contributed by atoms with van der Waals surface area (Å²) in [6.45, 7) is 0. The SMILES string of the molecule is COC(=O)c1ccc(Nc2nccc(NC3CCCC3)n2)cc1. The second-order valence-corrected chi connectivity index (χ2v) is 5.59. The zero-order valence-electron chi connectivity index (χ0n) is 13.1. The number of nitrogens with zero attached hydrogens (tertiary/aromatic N) is 2. The first-order valence-corrected chi connectivity index (χ1v) is 7.79. The van der Waals surface area contributed by atoms with Gasteiger partial charge >= 0.3 is 5.97 Å². The molecule has 6 nitrogen and oxygen atoms in total. The third kappa shape index (κ3) is 3.97. The quantitative estimate of drug-likeness (QED) is 0.825. The Bertz CT molecular complexity index is 667. The van der Waals surface area contributed by atoms with E-state index in [0.29, 0.717) is 17.6 Å². The summed E-state index contributed by atoms with van der Waals surface area (Å²) in [6, 6.07) is 9.39. The number of rotatable bonds is 5. The summed E-state index contributed by atoms with van der Waals surface area (Å²) >= 11 is 0. The minimum atomic E-state index is -0.351. The number of esters is 1. The van der Waals surface area contributed by atoms with Crippen LogP contribution in [0.4, 0.5) is 17.5 Å². The van der Waals surface area contributed by atoms with Gasteiger partial charge in [-0.25, -0.2) is 9.78 Å². The minimum Gasteiger partial charge on any atom is -0.465 e. The average Bonchev–Trinajstić information content (AvgIpc) is 3.08. The molecule has 1 heterocycles. The standard InChI is InChI=1S/C17H20N4O2/c1-23-16(22)12-6-8-14(9-7-12)20-17-18-11-10-15(21-17)19-13-4-2-3-5-13/h6-11,13H,2-5H2,1H3,(H2,18,19,20,21). The summed E-state index contributed by atoms with van der Waals surface area (Å²) in [7, 11) is 1.37. The van der Waals surface area contributed by atoms with Crippen LogP contribution in [-0.2, 0) is 4.74 Å². The number of nitrogens with one attached hydrogen (secondary N) is 2. The highest BCUT2D eigenvalue weighted by atomic mass is 16.5. The van der Waals surface area contributed by atoms with E-state index in [1.807, 2.05) is 6.07 Å². The van der Waals surface area contributed by atoms with Crippen LogP contribution >= 0.6 is 0 Å². The highest BCUT2D eigenvalue weighted by Crippen LogP contribution is 2.22. The lowest BCUT2D eigenvalue weighted by atomic mass is 10.2. The Hall–Kier alpha value is -2.63. The number of methoxy groups -OCH3 is 1. The molecular weight excluding hydrogens is 292 g/mol. The summed E-state index contributed by atoms with van der Waals surface area (Å²) in [6.07, 6.45) is 6.68. The molecule has 23 heavy (non-hydrogen) atoms. The first-order chi connectivity index (χ1) is 11.2. The van der Waals surface area contributed by atoms with Gasteiger partial charge in [-0.05, 0) is 43.2 Å². The zero-order chi connectivity index (χ0) is 16.1. The second-order valence-electron chi connectivity index (χ2n) is 5.59. The molecule has 0 atom stereocenters. The van der Waals surface area contributed by atoms with Crippen LogP contribution in [0.2, 0.25) is 0 Å². The van der Waals surface area contributed by atoms with Crippen molar-refractivity contribution in [1.29, 1.82) is 0 Å². The van der Waals surface area contributed by atoms with Crippen LogP contribution in [0.3, 0.4) is 0 Å². The summed E-state index contributed by atoms with van der Waals surface area (Å²) in [5, 5.41) is 6.59. The molecule has 0 unspecified atom stereocenters. The van der Waals surface area contributed by atoms with E-state index in [2.05, 4.69) is 25.3 Å². The number of aromatic nitrogens is 2. The van der Waals surface area contributed by atoms with Crippen LogP contribution in [-0.4, -0.2) is 29.1 Å². The van der Waals surface area contributed by atoms with E-state index < -0.39 is 0 Å². The number of hydrogen-bond acceptors (Lipinski definition) is 6. The monoisotopic (exact) mass is 312 g/mol. The van der Waals surface area contributed by atoms with Gasteiger partial charge in [-0.15, -0.1) is 0 Å². The molecule has 6 heteroatoms. The fourth-order valence-corrected chi connectivity index (χ4v) is 2.72. The summed E-state index contributed by atoms with van der Waals surface area (Å²) in [5.74, 6) is 1.01. The molecule has 0 aliphatic heterocycles. The minimum absolute atomic E-state index is 0.351. The molecule has 1 aliphatic carbocycles. The van der Waals surface area contributed by atoms with Gasteiger partial charge in [0, 0.05) is 17.9 Å². The van der Waals surface area contributed by atoms with Crippen molar-refractivity contribution in [3.8, 4) is 0 Å². The fourth-order valence-electron chi connectivity index (χ4n) is 2.72. The lowest BCUT2D eigenvalue weighted by molar-refractivity contribution is 0.0601. The average molecular weight is 312 g/mol. The van der Waals surface area contributed by atoms with Gasteiger partial charge in [-0.2, -0.15) is 4.98 Å². The first-order valence-electron chi connectivity index (χ1n) is 7.79. The molecule has 2 aromatic rings. The molecule has 0 radical (unpaired) electrons. The lowest BCUT2D eigenvalue weighted by Gasteiger charge is -2.13. The normalized spacial score (nSPS) is 14.5. The largest absolute Gasteiger partial charge is 0.465 e. The predicted molar refractivity (Wildman–Crippen MR) is 89.0 cm³/mol. The van der Waals surface area contributed by atoms with E-state index >= 15 is 0 Å². The topological polar surface area (TPSA) is 76.1 Å². The summed E-state index contributed by atoms with van der Waals surface area (Å²) in [4.78, 5) is 20.1. The molecule has 0 bridgehead atoms. The second kappa shape index (κ2) is 7.09. The van der Waals surface area contributed by atoms with Crippen LogP contribution in [0, 0.1) is 0 Å². The third-order valence-electron chi connectivity index (χ3n) is 3.92. The van der Waals surface area contributed by atoms with E-state index in [0.717, 1.165) is 11.5 Å². The molecular formula is C17H20N4O2. The van der Waals surface area contributed by atoms with Gasteiger partial charge in [0.05, 0.1) is 12.7 Å². The van der Waals surface area contributed by atoms with Crippen molar-refractivity contribution < 1.29 is 9.53 Å². The Morgan fingerprint density at radius 2 is 1.91 bits per heavy atom. The number of ether oxygens (including phenoxy) is 1. The van der Waals surface area contributed by atoms with Crippen molar-refractivity contribution in [3.63, 3.8) is 0 Å². The van der Waals surface area contributed by atoms with Crippen molar-refractivity contribution >= 4 is 23.4 Å². The molecule has 1 aromatic carbocycles. The molecule has 1 aliphatic rings. The number of benzene rings is 1. The fraction of sp³-hybridized carbons (Fsp3) is 0.353. The lowest BCUT2D eigenvalue weighted by Crippen LogP contribution is -2.15. The van der Waals surface area contributed by atoms with Crippen molar-refractivity contribution in [2.24, 2.45) is 0 Å². The summed E-state index contributed by atoms with van der Waals surface area (Å²) < 4.78 is 4.68. The third-order valence-corrected chi connectivity index (χ3v) is 3.92. The first kappa shape index (κ1) is 15.3. The molecule has 2 N–H and O–H groups in total. The van der Waals surface area contributed by atoms with Crippen LogP contribution in [0.5, 0.6) is 0 Å². The van der Waals surface area contributed by atoms with Gasteiger partial charge in [0.1, 0.15) is 5.82 Å². The van der Waals surface area contributed by atoms with Crippen molar-refractivity contribution in [2.45, 2.75) is 31.7 Å². The predicted octanol–water partition coefficient (Wildman–Crippen LogP) is 3.36. The molecule has 1 fully saturated rings.